The van der Waals surface area contributed by atoms with Crippen molar-refractivity contribution in [1.82, 2.24) is 20.1 Å². The van der Waals surface area contributed by atoms with Gasteiger partial charge in [-0.25, -0.2) is 0 Å². The van der Waals surface area contributed by atoms with Gasteiger partial charge < -0.3 is 14.8 Å². The van der Waals surface area contributed by atoms with E-state index in [0.29, 0.717) is 29.7 Å². The second-order valence-electron chi connectivity index (χ2n) is 14.3. The van der Waals surface area contributed by atoms with E-state index < -0.39 is 22.7 Å². The molecule has 2 fully saturated rings. The fourth-order valence-electron chi connectivity index (χ4n) is 8.33. The maximum absolute atomic E-state index is 14.1. The van der Waals surface area contributed by atoms with E-state index in [0.717, 1.165) is 82.7 Å². The monoisotopic (exact) mass is 686 g/mol. The summed E-state index contributed by atoms with van der Waals surface area (Å²) in [6, 6.07) is 17.2. The first-order valence-corrected chi connectivity index (χ1v) is 17.7. The number of piperidine rings is 1. The molecule has 11 heteroatoms. The minimum absolute atomic E-state index is 0.0219. The molecule has 3 aromatic carbocycles. The summed E-state index contributed by atoms with van der Waals surface area (Å²) in [7, 11) is 0. The number of hydrogen-bond donors (Lipinski definition) is 3. The van der Waals surface area contributed by atoms with Crippen LogP contribution < -0.4 is 10.2 Å². The van der Waals surface area contributed by atoms with Gasteiger partial charge in [0, 0.05) is 78.0 Å². The highest BCUT2D eigenvalue weighted by Gasteiger charge is 2.44. The zero-order valence-corrected chi connectivity index (χ0v) is 29.2. The second-order valence-corrected chi connectivity index (χ2v) is 14.8. The van der Waals surface area contributed by atoms with Crippen molar-refractivity contribution in [2.24, 2.45) is 0 Å². The summed E-state index contributed by atoms with van der Waals surface area (Å²) in [5.74, 6) is -0.967. The molecule has 0 radical (unpaired) electrons. The van der Waals surface area contributed by atoms with Gasteiger partial charge in [-0.05, 0) is 65.4 Å². The lowest BCUT2D eigenvalue weighted by atomic mass is 9.70. The number of carbonyl (C=O) groups excluding carboxylic acids is 4. The third-order valence-corrected chi connectivity index (χ3v) is 11.6. The van der Waals surface area contributed by atoms with Crippen LogP contribution in [0.3, 0.4) is 0 Å². The number of rotatable bonds is 5. The highest BCUT2D eigenvalue weighted by atomic mass is 32.1. The van der Waals surface area contributed by atoms with Gasteiger partial charge in [-0.1, -0.05) is 39.0 Å². The number of nitrogens with one attached hydrogen (secondary N) is 2. The molecule has 4 heterocycles. The van der Waals surface area contributed by atoms with E-state index >= 15 is 0 Å². The number of ketones is 1. The lowest BCUT2D eigenvalue weighted by Crippen LogP contribution is -2.53. The maximum atomic E-state index is 14.1. The number of aromatic nitrogens is 1. The number of H-pyrrole nitrogens is 1. The van der Waals surface area contributed by atoms with Crippen molar-refractivity contribution < 1.29 is 19.2 Å². The maximum Gasteiger partial charge on any atom is 0.256 e. The minimum atomic E-state index is -0.714. The van der Waals surface area contributed by atoms with Crippen molar-refractivity contribution in [1.29, 1.82) is 5.26 Å². The molecule has 2 saturated heterocycles. The Morgan fingerprint density at radius 2 is 1.76 bits per heavy atom. The summed E-state index contributed by atoms with van der Waals surface area (Å²) in [4.78, 5) is 61.6. The number of imide groups is 1. The number of thiol groups is 1. The molecular weight excluding hydrogens is 649 g/mol. The third kappa shape index (κ3) is 4.95. The molecule has 254 valence electrons. The van der Waals surface area contributed by atoms with Gasteiger partial charge in [-0.2, -0.15) is 5.26 Å². The predicted octanol–water partition coefficient (Wildman–Crippen LogP) is 4.98. The normalized spacial score (nSPS) is 21.6. The Morgan fingerprint density at radius 1 is 0.980 bits per heavy atom. The van der Waals surface area contributed by atoms with Crippen LogP contribution in [0.4, 0.5) is 5.69 Å². The summed E-state index contributed by atoms with van der Waals surface area (Å²) in [6.45, 7) is 10.4. The van der Waals surface area contributed by atoms with E-state index in [9.17, 15) is 24.4 Å². The van der Waals surface area contributed by atoms with Gasteiger partial charge in [-0.3, -0.25) is 29.4 Å². The van der Waals surface area contributed by atoms with Crippen molar-refractivity contribution in [2.45, 2.75) is 63.4 Å². The van der Waals surface area contributed by atoms with E-state index in [1.165, 1.54) is 4.90 Å². The van der Waals surface area contributed by atoms with Gasteiger partial charge in [0.1, 0.15) is 11.4 Å². The van der Waals surface area contributed by atoms with Crippen molar-refractivity contribution in [3.05, 3.63) is 98.7 Å². The number of aromatic amines is 1. The molecule has 8 rings (SSSR count). The van der Waals surface area contributed by atoms with Crippen LogP contribution in [0.2, 0.25) is 0 Å². The first-order valence-electron chi connectivity index (χ1n) is 17.2. The van der Waals surface area contributed by atoms with Crippen molar-refractivity contribution in [3.8, 4) is 6.07 Å². The standard InChI is InChI=1S/C39H38N6O4S/c1-4-23-17-27-28(39(2,3)35-33(34(27)47)25-8-5-21(19-40)16-29(25)41-35)18-31(23)44-13-11-43(12-14-44)20-22-6-7-24-26(15-22)37(49)45(38(24)50)30-9-10-32(46)42-36(30)48/h5-8,15-18,30,38,41,50H,4,9-14,20H2,1-3H3,(H,42,46,48). The van der Waals surface area contributed by atoms with Crippen LogP contribution in [0.15, 0.2) is 48.5 Å². The number of nitrogens with zero attached hydrogens (tertiary/aromatic N) is 4. The fraction of sp³-hybridized carbons (Fsp3) is 0.359. The predicted molar refractivity (Wildman–Crippen MR) is 192 cm³/mol. The Hall–Kier alpha value is -4.92. The van der Waals surface area contributed by atoms with Crippen molar-refractivity contribution in [3.63, 3.8) is 0 Å². The van der Waals surface area contributed by atoms with Gasteiger partial charge in [0.25, 0.3) is 5.91 Å². The number of anilines is 1. The average molecular weight is 687 g/mol. The summed E-state index contributed by atoms with van der Waals surface area (Å²) in [5, 5.41) is 12.1. The second kappa shape index (κ2) is 11.9. The topological polar surface area (TPSA) is 130 Å². The number of aryl methyl sites for hydroxylation is 1. The quantitative estimate of drug-likeness (QED) is 0.200. The number of hydrogen-bond acceptors (Lipinski definition) is 8. The molecular formula is C39H38N6O4S. The Bertz CT molecular complexity index is 2190. The number of fused-ring (bicyclic) bond motifs is 5. The van der Waals surface area contributed by atoms with Gasteiger partial charge >= 0.3 is 0 Å². The van der Waals surface area contributed by atoms with Crippen LogP contribution >= 0.6 is 12.6 Å². The molecule has 2 N–H and O–H groups in total. The molecule has 2 atom stereocenters. The van der Waals surface area contributed by atoms with Crippen LogP contribution in [0.5, 0.6) is 0 Å². The third-order valence-electron chi connectivity index (χ3n) is 11.1. The molecule has 0 spiro atoms. The number of nitriles is 1. The molecule has 3 amide bonds. The number of amides is 3. The molecule has 50 heavy (non-hydrogen) atoms. The zero-order chi connectivity index (χ0) is 35.1. The number of benzene rings is 3. The van der Waals surface area contributed by atoms with Gasteiger partial charge in [-0.15, -0.1) is 12.6 Å². The lowest BCUT2D eigenvalue weighted by molar-refractivity contribution is -0.137. The summed E-state index contributed by atoms with van der Waals surface area (Å²) < 4.78 is 0. The van der Waals surface area contributed by atoms with Gasteiger partial charge in [0.15, 0.2) is 5.78 Å². The molecule has 2 unspecified atom stereocenters. The molecule has 10 nitrogen and oxygen atoms in total. The molecule has 0 saturated carbocycles. The number of piperazine rings is 1. The zero-order valence-electron chi connectivity index (χ0n) is 28.3. The minimum Gasteiger partial charge on any atom is -0.369 e. The molecule has 3 aliphatic heterocycles. The smallest absolute Gasteiger partial charge is 0.256 e. The molecule has 1 aromatic heterocycles. The Morgan fingerprint density at radius 3 is 2.48 bits per heavy atom. The van der Waals surface area contributed by atoms with Crippen molar-refractivity contribution in [2.75, 3.05) is 31.1 Å². The van der Waals surface area contributed by atoms with Crippen LogP contribution in [0.25, 0.3) is 10.9 Å². The first-order chi connectivity index (χ1) is 24.0. The number of carbonyl (C=O) groups is 4. The summed E-state index contributed by atoms with van der Waals surface area (Å²) in [5.41, 5.74) is 8.94. The van der Waals surface area contributed by atoms with Crippen LogP contribution in [-0.2, 0) is 28.0 Å². The summed E-state index contributed by atoms with van der Waals surface area (Å²) in [6.07, 6.45) is 1.30. The molecule has 4 aliphatic rings. The fourth-order valence-corrected chi connectivity index (χ4v) is 8.82. The molecule has 4 aromatic rings. The summed E-state index contributed by atoms with van der Waals surface area (Å²) >= 11 is 4.70. The first kappa shape index (κ1) is 32.3. The van der Waals surface area contributed by atoms with Crippen LogP contribution in [0, 0.1) is 11.3 Å². The van der Waals surface area contributed by atoms with Crippen LogP contribution in [-0.4, -0.2) is 70.5 Å². The van der Waals surface area contributed by atoms with E-state index in [-0.39, 0.29) is 24.0 Å². The van der Waals surface area contributed by atoms with Gasteiger partial charge in [0.2, 0.25) is 11.8 Å². The van der Waals surface area contributed by atoms with Crippen molar-refractivity contribution >= 4 is 52.7 Å². The van der Waals surface area contributed by atoms with Gasteiger partial charge in [0.05, 0.1) is 17.2 Å². The van der Waals surface area contributed by atoms with E-state index in [4.69, 9.17) is 12.6 Å². The Labute approximate surface area is 295 Å². The molecule has 0 bridgehead atoms. The van der Waals surface area contributed by atoms with E-state index in [1.54, 1.807) is 6.07 Å². The highest BCUT2D eigenvalue weighted by Crippen LogP contribution is 2.46. The Balaban J connectivity index is 1.000. The highest BCUT2D eigenvalue weighted by molar-refractivity contribution is 7.80. The Kier molecular flexibility index (Phi) is 7.66. The molecule has 1 aliphatic carbocycles. The van der Waals surface area contributed by atoms with Crippen LogP contribution in [0.1, 0.15) is 98.8 Å². The largest absolute Gasteiger partial charge is 0.369 e. The van der Waals surface area contributed by atoms with E-state index in [1.807, 2.05) is 30.3 Å². The average Bonchev–Trinajstić information content (AvgIpc) is 3.62. The van der Waals surface area contributed by atoms with E-state index in [2.05, 4.69) is 59.1 Å². The SMILES string of the molecule is CCc1cc2c(cc1N1CCN(Cc3ccc4c(c3)C(=O)N(C3CCC(=O)NC3=O)C4S)CC1)C(C)(C)c1[nH]c3cc(C#N)ccc3c1C2=O. The lowest BCUT2D eigenvalue weighted by Gasteiger charge is -2.39.